The van der Waals surface area contributed by atoms with Gasteiger partial charge in [0.15, 0.2) is 0 Å². The van der Waals surface area contributed by atoms with Crippen molar-refractivity contribution >= 4 is 11.7 Å². The summed E-state index contributed by atoms with van der Waals surface area (Å²) in [5.41, 5.74) is -0.319. The Labute approximate surface area is 126 Å². The Balaban J connectivity index is 2.27. The Morgan fingerprint density at radius 3 is 2.82 bits per heavy atom. The molecule has 2 aromatic rings. The molecule has 0 saturated carbocycles. The van der Waals surface area contributed by atoms with E-state index in [1.807, 2.05) is 13.8 Å². The average Bonchev–Trinajstić information content (AvgIpc) is 2.45. The first kappa shape index (κ1) is 14.1. The average molecular weight is 298 g/mol. The highest BCUT2D eigenvalue weighted by molar-refractivity contribution is 5.87. The highest BCUT2D eigenvalue weighted by Crippen LogP contribution is 2.34. The van der Waals surface area contributed by atoms with E-state index in [2.05, 4.69) is 4.98 Å². The van der Waals surface area contributed by atoms with E-state index in [0.29, 0.717) is 17.1 Å². The molecule has 0 aliphatic carbocycles. The van der Waals surface area contributed by atoms with Crippen molar-refractivity contribution in [3.8, 4) is 5.88 Å². The van der Waals surface area contributed by atoms with Crippen LogP contribution >= 0.6 is 0 Å². The Morgan fingerprint density at radius 2 is 2.09 bits per heavy atom. The van der Waals surface area contributed by atoms with Crippen molar-refractivity contribution < 1.29 is 14.6 Å². The highest BCUT2D eigenvalue weighted by atomic mass is 16.5. The molecule has 0 saturated heterocycles. The van der Waals surface area contributed by atoms with E-state index in [0.717, 1.165) is 0 Å². The molecule has 0 fully saturated rings. The lowest BCUT2D eigenvalue weighted by molar-refractivity contribution is 0.0694. The van der Waals surface area contributed by atoms with Crippen LogP contribution in [0.1, 0.15) is 29.8 Å². The van der Waals surface area contributed by atoms with Crippen LogP contribution in [0.25, 0.3) is 5.70 Å². The number of aromatic carboxylic acids is 1. The standard InChI is InChI=1S/C16H14N2O4/c1-16(2)9-12(10-5-3-7-17-13(10)22-16)18-8-4-6-11(14(18)19)15(20)21/h3-9H,1-2H3,(H,20,21). The molecule has 6 nitrogen and oxygen atoms in total. The van der Waals surface area contributed by atoms with Gasteiger partial charge in [0, 0.05) is 12.4 Å². The van der Waals surface area contributed by atoms with Crippen LogP contribution in [0, 0.1) is 0 Å². The van der Waals surface area contributed by atoms with E-state index in [1.54, 1.807) is 30.6 Å². The topological polar surface area (TPSA) is 81.4 Å². The first-order valence-electron chi connectivity index (χ1n) is 6.72. The van der Waals surface area contributed by atoms with Crippen LogP contribution in [0.15, 0.2) is 47.5 Å². The van der Waals surface area contributed by atoms with Crippen molar-refractivity contribution in [1.82, 2.24) is 9.55 Å². The fraction of sp³-hybridized carbons (Fsp3) is 0.188. The minimum atomic E-state index is -1.25. The molecular weight excluding hydrogens is 284 g/mol. The largest absolute Gasteiger partial charge is 0.477 e. The van der Waals surface area contributed by atoms with E-state index < -0.39 is 17.1 Å². The van der Waals surface area contributed by atoms with E-state index in [-0.39, 0.29) is 5.56 Å². The maximum atomic E-state index is 12.4. The van der Waals surface area contributed by atoms with Gasteiger partial charge >= 0.3 is 5.97 Å². The maximum absolute atomic E-state index is 12.4. The number of pyridine rings is 2. The van der Waals surface area contributed by atoms with E-state index in [1.165, 1.54) is 16.7 Å². The Morgan fingerprint density at radius 1 is 1.32 bits per heavy atom. The predicted molar refractivity (Wildman–Crippen MR) is 80.0 cm³/mol. The second-order valence-corrected chi connectivity index (χ2v) is 5.49. The molecule has 3 rings (SSSR count). The van der Waals surface area contributed by atoms with E-state index in [9.17, 15) is 9.59 Å². The number of ether oxygens (including phenoxy) is 1. The molecule has 0 bridgehead atoms. The second kappa shape index (κ2) is 4.84. The fourth-order valence-electron chi connectivity index (χ4n) is 2.40. The Hall–Kier alpha value is -2.89. The molecule has 0 atom stereocenters. The van der Waals surface area contributed by atoms with Crippen molar-refractivity contribution in [3.05, 3.63) is 64.2 Å². The van der Waals surface area contributed by atoms with Crippen LogP contribution in [0.2, 0.25) is 0 Å². The lowest BCUT2D eigenvalue weighted by Crippen LogP contribution is -2.33. The summed E-state index contributed by atoms with van der Waals surface area (Å²) in [7, 11) is 0. The van der Waals surface area contributed by atoms with Crippen LogP contribution in [-0.4, -0.2) is 26.2 Å². The zero-order chi connectivity index (χ0) is 15.9. The third-order valence-corrected chi connectivity index (χ3v) is 3.33. The summed E-state index contributed by atoms with van der Waals surface area (Å²) in [6.45, 7) is 3.69. The normalized spacial score (nSPS) is 15.5. The third kappa shape index (κ3) is 2.28. The molecule has 6 heteroatoms. The van der Waals surface area contributed by atoms with Gasteiger partial charge in [-0.3, -0.25) is 9.36 Å². The number of rotatable bonds is 2. The fourth-order valence-corrected chi connectivity index (χ4v) is 2.40. The van der Waals surface area contributed by atoms with Gasteiger partial charge in [-0.1, -0.05) is 0 Å². The summed E-state index contributed by atoms with van der Waals surface area (Å²) < 4.78 is 7.08. The smallest absolute Gasteiger partial charge is 0.341 e. The van der Waals surface area contributed by atoms with Crippen molar-refractivity contribution in [2.75, 3.05) is 0 Å². The molecule has 1 aliphatic rings. The summed E-state index contributed by atoms with van der Waals surface area (Å²) in [4.78, 5) is 27.8. The summed E-state index contributed by atoms with van der Waals surface area (Å²) >= 11 is 0. The van der Waals surface area contributed by atoms with Gasteiger partial charge in [-0.25, -0.2) is 9.78 Å². The molecular formula is C16H14N2O4. The quantitative estimate of drug-likeness (QED) is 0.917. The number of carboxylic acids is 1. The number of fused-ring (bicyclic) bond motifs is 1. The minimum absolute atomic E-state index is 0.280. The van der Waals surface area contributed by atoms with Crippen LogP contribution in [-0.2, 0) is 0 Å². The van der Waals surface area contributed by atoms with Gasteiger partial charge in [0.2, 0.25) is 5.88 Å². The van der Waals surface area contributed by atoms with Crippen LogP contribution in [0.4, 0.5) is 0 Å². The Kier molecular flexibility index (Phi) is 3.09. The monoisotopic (exact) mass is 298 g/mol. The van der Waals surface area contributed by atoms with Gasteiger partial charge in [-0.05, 0) is 44.2 Å². The molecule has 112 valence electrons. The lowest BCUT2D eigenvalue weighted by atomic mass is 10.0. The molecule has 22 heavy (non-hydrogen) atoms. The summed E-state index contributed by atoms with van der Waals surface area (Å²) in [5.74, 6) is -0.838. The number of nitrogens with zero attached hydrogens (tertiary/aromatic N) is 2. The zero-order valence-electron chi connectivity index (χ0n) is 12.1. The SMILES string of the molecule is CC1(C)C=C(n2cccc(C(=O)O)c2=O)c2cccnc2O1. The lowest BCUT2D eigenvalue weighted by Gasteiger charge is -2.30. The van der Waals surface area contributed by atoms with Gasteiger partial charge in [0.1, 0.15) is 11.2 Å². The first-order chi connectivity index (χ1) is 10.4. The summed E-state index contributed by atoms with van der Waals surface area (Å²) in [6, 6.07) is 6.34. The molecule has 0 radical (unpaired) electrons. The van der Waals surface area contributed by atoms with Crippen LogP contribution in [0.5, 0.6) is 5.88 Å². The van der Waals surface area contributed by atoms with Gasteiger partial charge in [-0.15, -0.1) is 0 Å². The molecule has 2 aromatic heterocycles. The summed E-state index contributed by atoms with van der Waals surface area (Å²) in [6.07, 6.45) is 4.93. The van der Waals surface area contributed by atoms with Gasteiger partial charge in [0.25, 0.3) is 5.56 Å². The van der Waals surface area contributed by atoms with Gasteiger partial charge in [-0.2, -0.15) is 0 Å². The van der Waals surface area contributed by atoms with Crippen molar-refractivity contribution in [2.24, 2.45) is 0 Å². The predicted octanol–water partition coefficient (Wildman–Crippen LogP) is 2.00. The number of aromatic nitrogens is 2. The molecule has 0 aromatic carbocycles. The summed E-state index contributed by atoms with van der Waals surface area (Å²) in [5, 5.41) is 9.12. The number of hydrogen-bond acceptors (Lipinski definition) is 4. The van der Waals surface area contributed by atoms with Crippen molar-refractivity contribution in [2.45, 2.75) is 19.4 Å². The van der Waals surface area contributed by atoms with Crippen molar-refractivity contribution in [3.63, 3.8) is 0 Å². The number of hydrogen-bond donors (Lipinski definition) is 1. The number of carbonyl (C=O) groups is 1. The number of carboxylic acid groups (broad SMARTS) is 1. The molecule has 0 amide bonds. The molecule has 0 spiro atoms. The second-order valence-electron chi connectivity index (χ2n) is 5.49. The van der Waals surface area contributed by atoms with Crippen LogP contribution in [0.3, 0.4) is 0 Å². The highest BCUT2D eigenvalue weighted by Gasteiger charge is 2.29. The van der Waals surface area contributed by atoms with Gasteiger partial charge in [0.05, 0.1) is 11.3 Å². The Bertz CT molecular complexity index is 849. The van der Waals surface area contributed by atoms with E-state index >= 15 is 0 Å². The van der Waals surface area contributed by atoms with E-state index in [4.69, 9.17) is 9.84 Å². The minimum Gasteiger partial charge on any atom is -0.477 e. The zero-order valence-corrected chi connectivity index (χ0v) is 12.1. The third-order valence-electron chi connectivity index (χ3n) is 3.33. The molecule has 3 heterocycles. The maximum Gasteiger partial charge on any atom is 0.341 e. The molecule has 1 aliphatic heterocycles. The van der Waals surface area contributed by atoms with Crippen molar-refractivity contribution in [1.29, 1.82) is 0 Å². The molecule has 1 N–H and O–H groups in total. The van der Waals surface area contributed by atoms with Gasteiger partial charge < -0.3 is 9.84 Å². The van der Waals surface area contributed by atoms with Crippen LogP contribution < -0.4 is 10.3 Å². The molecule has 0 unspecified atom stereocenters. The first-order valence-corrected chi connectivity index (χ1v) is 6.72.